The molecule has 2 amide bonds. The second-order valence-electron chi connectivity index (χ2n) is 6.73. The van der Waals surface area contributed by atoms with E-state index in [4.69, 9.17) is 15.7 Å². The van der Waals surface area contributed by atoms with Gasteiger partial charge in [0.25, 0.3) is 0 Å². The van der Waals surface area contributed by atoms with Crippen LogP contribution >= 0.6 is 0 Å². The van der Waals surface area contributed by atoms with Crippen molar-refractivity contribution in [3.05, 3.63) is 11.7 Å². The standard InChI is InChI=1S/C16H22N4O4/c1-5-9-17-11(21)10-12-18-13(20-24-12)16(7-6-8-16)19-14(22)23-15(2,3)4/h1H,6-10H2,2-4H3,(H,17,21)(H,19,22). The predicted molar refractivity (Wildman–Crippen MR) is 84.7 cm³/mol. The molecule has 1 fully saturated rings. The number of alkyl carbamates (subject to hydrolysis) is 1. The quantitative estimate of drug-likeness (QED) is 0.785. The molecule has 1 heterocycles. The summed E-state index contributed by atoms with van der Waals surface area (Å²) in [6.07, 6.45) is 6.80. The second-order valence-corrected chi connectivity index (χ2v) is 6.73. The predicted octanol–water partition coefficient (Wildman–Crippen LogP) is 1.27. The van der Waals surface area contributed by atoms with Gasteiger partial charge in [0, 0.05) is 0 Å². The van der Waals surface area contributed by atoms with Crippen molar-refractivity contribution in [1.82, 2.24) is 20.8 Å². The van der Waals surface area contributed by atoms with Crippen LogP contribution in [0.5, 0.6) is 0 Å². The van der Waals surface area contributed by atoms with Gasteiger partial charge in [-0.25, -0.2) is 4.79 Å². The lowest BCUT2D eigenvalue weighted by molar-refractivity contribution is -0.120. The van der Waals surface area contributed by atoms with Crippen molar-refractivity contribution < 1.29 is 18.8 Å². The minimum Gasteiger partial charge on any atom is -0.444 e. The molecule has 0 aliphatic heterocycles. The van der Waals surface area contributed by atoms with Crippen LogP contribution in [0, 0.1) is 12.3 Å². The smallest absolute Gasteiger partial charge is 0.408 e. The van der Waals surface area contributed by atoms with Crippen molar-refractivity contribution in [2.75, 3.05) is 6.54 Å². The zero-order valence-electron chi connectivity index (χ0n) is 14.1. The highest BCUT2D eigenvalue weighted by molar-refractivity contribution is 5.77. The van der Waals surface area contributed by atoms with Gasteiger partial charge in [0.2, 0.25) is 11.8 Å². The molecule has 0 radical (unpaired) electrons. The van der Waals surface area contributed by atoms with Crippen LogP contribution in [0.3, 0.4) is 0 Å². The topological polar surface area (TPSA) is 106 Å². The molecule has 0 bridgehead atoms. The molecule has 1 aliphatic rings. The normalized spacial score (nSPS) is 15.8. The third-order valence-corrected chi connectivity index (χ3v) is 3.54. The number of nitrogens with one attached hydrogen (secondary N) is 2. The molecule has 1 saturated carbocycles. The number of hydrogen-bond donors (Lipinski definition) is 2. The molecule has 0 atom stereocenters. The second kappa shape index (κ2) is 6.91. The van der Waals surface area contributed by atoms with Crippen molar-refractivity contribution >= 4 is 12.0 Å². The van der Waals surface area contributed by atoms with Crippen molar-refractivity contribution in [3.8, 4) is 12.3 Å². The Labute approximate surface area is 140 Å². The van der Waals surface area contributed by atoms with Crippen LogP contribution in [0.4, 0.5) is 4.79 Å². The molecule has 2 rings (SSSR count). The molecule has 1 aliphatic carbocycles. The minimum atomic E-state index is -0.695. The van der Waals surface area contributed by atoms with Crippen LogP contribution in [-0.2, 0) is 21.5 Å². The molecule has 0 saturated heterocycles. The lowest BCUT2D eigenvalue weighted by Gasteiger charge is -2.39. The molecule has 1 aromatic rings. The fourth-order valence-electron chi connectivity index (χ4n) is 2.30. The molecule has 8 heteroatoms. The lowest BCUT2D eigenvalue weighted by atomic mass is 9.76. The Bertz CT molecular complexity index is 650. The van der Waals surface area contributed by atoms with Gasteiger partial charge >= 0.3 is 6.09 Å². The van der Waals surface area contributed by atoms with Gasteiger partial charge in [0.1, 0.15) is 17.6 Å². The minimum absolute atomic E-state index is 0.0583. The summed E-state index contributed by atoms with van der Waals surface area (Å²) in [4.78, 5) is 27.9. The first-order valence-corrected chi connectivity index (χ1v) is 7.78. The fourth-order valence-corrected chi connectivity index (χ4v) is 2.30. The van der Waals surface area contributed by atoms with E-state index in [9.17, 15) is 9.59 Å². The highest BCUT2D eigenvalue weighted by atomic mass is 16.6. The van der Waals surface area contributed by atoms with E-state index in [-0.39, 0.29) is 24.8 Å². The number of terminal acetylenes is 1. The Morgan fingerprint density at radius 3 is 2.67 bits per heavy atom. The van der Waals surface area contributed by atoms with Crippen LogP contribution in [0.15, 0.2) is 4.52 Å². The van der Waals surface area contributed by atoms with E-state index in [1.54, 1.807) is 20.8 Å². The first kappa shape index (κ1) is 17.8. The number of amides is 2. The summed E-state index contributed by atoms with van der Waals surface area (Å²) in [5.74, 6) is 2.55. The van der Waals surface area contributed by atoms with E-state index in [1.807, 2.05) is 0 Å². The van der Waals surface area contributed by atoms with Crippen molar-refractivity contribution in [1.29, 1.82) is 0 Å². The summed E-state index contributed by atoms with van der Waals surface area (Å²) in [6.45, 7) is 5.52. The number of carbonyl (C=O) groups is 2. The fraction of sp³-hybridized carbons (Fsp3) is 0.625. The number of rotatable bonds is 5. The van der Waals surface area contributed by atoms with E-state index >= 15 is 0 Å². The van der Waals surface area contributed by atoms with Gasteiger partial charge in [-0.05, 0) is 40.0 Å². The SMILES string of the molecule is C#CCNC(=O)Cc1nc(C2(NC(=O)OC(C)(C)C)CCC2)no1. The summed E-state index contributed by atoms with van der Waals surface area (Å²) in [5, 5.41) is 9.27. The Balaban J connectivity index is 2.02. The first-order chi connectivity index (χ1) is 11.2. The van der Waals surface area contributed by atoms with Gasteiger partial charge in [0.15, 0.2) is 5.82 Å². The zero-order valence-corrected chi connectivity index (χ0v) is 14.1. The maximum atomic E-state index is 12.0. The van der Waals surface area contributed by atoms with Crippen molar-refractivity contribution in [3.63, 3.8) is 0 Å². The molecular formula is C16H22N4O4. The van der Waals surface area contributed by atoms with Crippen LogP contribution in [-0.4, -0.2) is 34.3 Å². The van der Waals surface area contributed by atoms with Crippen LogP contribution < -0.4 is 10.6 Å². The Hall–Kier alpha value is -2.56. The first-order valence-electron chi connectivity index (χ1n) is 7.78. The van der Waals surface area contributed by atoms with E-state index < -0.39 is 17.2 Å². The molecule has 2 N–H and O–H groups in total. The van der Waals surface area contributed by atoms with E-state index in [0.717, 1.165) is 6.42 Å². The number of aromatic nitrogens is 2. The summed E-state index contributed by atoms with van der Waals surface area (Å²) in [5.41, 5.74) is -1.29. The molecule has 0 aromatic carbocycles. The molecule has 24 heavy (non-hydrogen) atoms. The monoisotopic (exact) mass is 334 g/mol. The van der Waals surface area contributed by atoms with E-state index in [1.165, 1.54) is 0 Å². The van der Waals surface area contributed by atoms with Crippen molar-refractivity contribution in [2.45, 2.75) is 57.6 Å². The Morgan fingerprint density at radius 2 is 2.12 bits per heavy atom. The average Bonchev–Trinajstić information content (AvgIpc) is 2.87. The number of carbonyl (C=O) groups excluding carboxylic acids is 2. The maximum absolute atomic E-state index is 12.0. The summed E-state index contributed by atoms with van der Waals surface area (Å²) >= 11 is 0. The molecular weight excluding hydrogens is 312 g/mol. The number of nitrogens with zero attached hydrogens (tertiary/aromatic N) is 2. The third kappa shape index (κ3) is 4.47. The largest absolute Gasteiger partial charge is 0.444 e. The molecule has 0 spiro atoms. The number of hydrogen-bond acceptors (Lipinski definition) is 6. The van der Waals surface area contributed by atoms with Crippen LogP contribution in [0.25, 0.3) is 0 Å². The Kier molecular flexibility index (Phi) is 5.12. The van der Waals surface area contributed by atoms with Gasteiger partial charge in [0.05, 0.1) is 6.54 Å². The van der Waals surface area contributed by atoms with Gasteiger partial charge in [-0.15, -0.1) is 6.42 Å². The van der Waals surface area contributed by atoms with Gasteiger partial charge in [-0.1, -0.05) is 11.1 Å². The van der Waals surface area contributed by atoms with Crippen molar-refractivity contribution in [2.24, 2.45) is 0 Å². The molecule has 130 valence electrons. The molecule has 1 aromatic heterocycles. The number of ether oxygens (including phenoxy) is 1. The zero-order chi connectivity index (χ0) is 17.8. The third-order valence-electron chi connectivity index (χ3n) is 3.54. The average molecular weight is 334 g/mol. The van der Waals surface area contributed by atoms with E-state index in [2.05, 4.69) is 26.7 Å². The van der Waals surface area contributed by atoms with Gasteiger partial charge in [-0.3, -0.25) is 4.79 Å². The lowest BCUT2D eigenvalue weighted by Crippen LogP contribution is -2.52. The van der Waals surface area contributed by atoms with Crippen LogP contribution in [0.2, 0.25) is 0 Å². The Morgan fingerprint density at radius 1 is 1.42 bits per heavy atom. The highest BCUT2D eigenvalue weighted by Gasteiger charge is 2.45. The van der Waals surface area contributed by atoms with Crippen LogP contribution in [0.1, 0.15) is 51.7 Å². The van der Waals surface area contributed by atoms with Gasteiger partial charge < -0.3 is 19.9 Å². The van der Waals surface area contributed by atoms with Gasteiger partial charge in [-0.2, -0.15) is 4.98 Å². The summed E-state index contributed by atoms with van der Waals surface area (Å²) < 4.78 is 10.4. The molecule has 8 nitrogen and oxygen atoms in total. The molecule has 0 unspecified atom stereocenters. The highest BCUT2D eigenvalue weighted by Crippen LogP contribution is 2.40. The maximum Gasteiger partial charge on any atom is 0.408 e. The van der Waals surface area contributed by atoms with E-state index in [0.29, 0.717) is 18.7 Å². The summed E-state index contributed by atoms with van der Waals surface area (Å²) in [7, 11) is 0. The summed E-state index contributed by atoms with van der Waals surface area (Å²) in [6, 6.07) is 0.